The van der Waals surface area contributed by atoms with Crippen molar-refractivity contribution in [1.82, 2.24) is 9.88 Å². The van der Waals surface area contributed by atoms with Crippen molar-refractivity contribution < 1.29 is 14.3 Å². The van der Waals surface area contributed by atoms with Crippen molar-refractivity contribution in [1.29, 1.82) is 5.26 Å². The van der Waals surface area contributed by atoms with Crippen LogP contribution in [0.1, 0.15) is 40.1 Å². The van der Waals surface area contributed by atoms with E-state index < -0.39 is 6.04 Å². The van der Waals surface area contributed by atoms with Gasteiger partial charge in [0.05, 0.1) is 4.88 Å². The zero-order valence-corrected chi connectivity index (χ0v) is 18.4. The molecular formula is C24H22N4O3S. The minimum atomic E-state index is -0.500. The maximum atomic E-state index is 13.1. The fourth-order valence-corrected chi connectivity index (χ4v) is 4.39. The van der Waals surface area contributed by atoms with Crippen LogP contribution in [0.15, 0.2) is 54.0 Å². The summed E-state index contributed by atoms with van der Waals surface area (Å²) in [6.07, 6.45) is 4.00. The smallest absolute Gasteiger partial charge is 0.264 e. The molecule has 1 saturated heterocycles. The summed E-state index contributed by atoms with van der Waals surface area (Å²) in [6, 6.07) is 13.7. The Labute approximate surface area is 190 Å². The third-order valence-electron chi connectivity index (χ3n) is 5.36. The number of aryl methyl sites for hydroxylation is 1. The summed E-state index contributed by atoms with van der Waals surface area (Å²) in [5.74, 6) is 0.464. The summed E-state index contributed by atoms with van der Waals surface area (Å²) >= 11 is 1.39. The number of anilines is 1. The largest absolute Gasteiger partial charge is 0.438 e. The third-order valence-corrected chi connectivity index (χ3v) is 6.22. The Bertz CT molecular complexity index is 1170. The van der Waals surface area contributed by atoms with Gasteiger partial charge in [0.25, 0.3) is 5.91 Å². The minimum absolute atomic E-state index is 0.0935. The second-order valence-corrected chi connectivity index (χ2v) is 8.47. The molecule has 3 aromatic rings. The van der Waals surface area contributed by atoms with E-state index >= 15 is 0 Å². The van der Waals surface area contributed by atoms with Gasteiger partial charge in [-0.2, -0.15) is 5.26 Å². The first-order valence-corrected chi connectivity index (χ1v) is 11.2. The van der Waals surface area contributed by atoms with E-state index in [9.17, 15) is 14.9 Å². The lowest BCUT2D eigenvalue weighted by molar-refractivity contribution is -0.121. The van der Waals surface area contributed by atoms with E-state index in [4.69, 9.17) is 4.74 Å². The zero-order chi connectivity index (χ0) is 22.5. The number of nitrogens with zero attached hydrogens (tertiary/aromatic N) is 3. The van der Waals surface area contributed by atoms with Crippen LogP contribution < -0.4 is 10.1 Å². The normalized spacial score (nSPS) is 15.6. The van der Waals surface area contributed by atoms with Crippen molar-refractivity contribution in [3.05, 3.63) is 70.0 Å². The maximum Gasteiger partial charge on any atom is 0.264 e. The molecular weight excluding hydrogens is 424 g/mol. The van der Waals surface area contributed by atoms with Crippen LogP contribution >= 0.6 is 11.3 Å². The molecule has 1 fully saturated rings. The van der Waals surface area contributed by atoms with Gasteiger partial charge in [0.15, 0.2) is 0 Å². The van der Waals surface area contributed by atoms with Crippen molar-refractivity contribution in [2.75, 3.05) is 11.9 Å². The van der Waals surface area contributed by atoms with E-state index in [1.165, 1.54) is 11.3 Å². The Hall–Kier alpha value is -3.70. The topological polar surface area (TPSA) is 95.3 Å². The van der Waals surface area contributed by atoms with Gasteiger partial charge < -0.3 is 15.0 Å². The fraction of sp³-hybridized carbons (Fsp3) is 0.250. The lowest BCUT2D eigenvalue weighted by atomic mass is 10.0. The fourth-order valence-electron chi connectivity index (χ4n) is 3.71. The Morgan fingerprint density at radius 1 is 1.25 bits per heavy atom. The summed E-state index contributed by atoms with van der Waals surface area (Å²) in [5.41, 5.74) is 1.80. The molecule has 7 nitrogen and oxygen atoms in total. The van der Waals surface area contributed by atoms with Crippen molar-refractivity contribution in [2.24, 2.45) is 0 Å². The number of amides is 2. The van der Waals surface area contributed by atoms with Crippen molar-refractivity contribution in [3.8, 4) is 17.7 Å². The van der Waals surface area contributed by atoms with Crippen molar-refractivity contribution in [2.45, 2.75) is 32.2 Å². The van der Waals surface area contributed by atoms with Crippen LogP contribution in [0.25, 0.3) is 0 Å². The number of hydrogen-bond donors (Lipinski definition) is 1. The van der Waals surface area contributed by atoms with Gasteiger partial charge in [0, 0.05) is 18.4 Å². The molecule has 4 rings (SSSR count). The van der Waals surface area contributed by atoms with Gasteiger partial charge in [0.2, 0.25) is 11.8 Å². The highest BCUT2D eigenvalue weighted by Crippen LogP contribution is 2.28. The van der Waals surface area contributed by atoms with Gasteiger partial charge in [0.1, 0.15) is 23.4 Å². The molecule has 1 aliphatic heterocycles. The van der Waals surface area contributed by atoms with E-state index in [1.807, 2.05) is 18.4 Å². The zero-order valence-electron chi connectivity index (χ0n) is 17.6. The lowest BCUT2D eigenvalue weighted by Gasteiger charge is -2.34. The first kappa shape index (κ1) is 21.5. The highest BCUT2D eigenvalue weighted by atomic mass is 32.1. The summed E-state index contributed by atoms with van der Waals surface area (Å²) in [7, 11) is 0. The molecule has 1 aliphatic rings. The Kier molecular flexibility index (Phi) is 6.47. The molecule has 0 radical (unpaired) electrons. The van der Waals surface area contributed by atoms with Gasteiger partial charge in [-0.15, -0.1) is 11.3 Å². The number of carbonyl (C=O) groups excluding carboxylic acids is 2. The number of nitrogens with one attached hydrogen (secondary N) is 1. The molecule has 3 heterocycles. The number of ether oxygens (including phenoxy) is 1. The molecule has 8 heteroatoms. The summed E-state index contributed by atoms with van der Waals surface area (Å²) in [6.45, 7) is 2.44. The molecule has 2 aromatic heterocycles. The van der Waals surface area contributed by atoms with Crippen LogP contribution in [0.3, 0.4) is 0 Å². The monoisotopic (exact) mass is 446 g/mol. The van der Waals surface area contributed by atoms with Gasteiger partial charge in [-0.1, -0.05) is 6.07 Å². The molecule has 32 heavy (non-hydrogen) atoms. The first-order valence-electron chi connectivity index (χ1n) is 10.4. The molecule has 1 atom stereocenters. The molecule has 0 spiro atoms. The van der Waals surface area contributed by atoms with Crippen LogP contribution in [-0.4, -0.2) is 34.3 Å². The number of carbonyl (C=O) groups is 2. The molecule has 0 saturated carbocycles. The molecule has 2 amide bonds. The SMILES string of the molecule is Cc1cc(Oc2ncccc2C#N)ccc1NC(=O)C1CCCCN1C(=O)c1cccs1. The predicted molar refractivity (Wildman–Crippen MR) is 122 cm³/mol. The standard InChI is InChI=1S/C24H22N4O3S/c1-16-14-18(31-23-17(15-25)6-4-11-26-23)9-10-19(16)27-22(29)20-7-2-3-12-28(20)24(30)21-8-5-13-32-21/h4-6,8-11,13-14,20H,2-3,7,12H2,1H3,(H,27,29). The molecule has 162 valence electrons. The summed E-state index contributed by atoms with van der Waals surface area (Å²) < 4.78 is 5.75. The Morgan fingerprint density at radius 3 is 2.88 bits per heavy atom. The van der Waals surface area contributed by atoms with Crippen LogP contribution in [0.2, 0.25) is 0 Å². The highest BCUT2D eigenvalue weighted by Gasteiger charge is 2.33. The molecule has 1 unspecified atom stereocenters. The van der Waals surface area contributed by atoms with Crippen molar-refractivity contribution >= 4 is 28.8 Å². The average molecular weight is 447 g/mol. The van der Waals surface area contributed by atoms with Crippen LogP contribution in [0.5, 0.6) is 11.6 Å². The highest BCUT2D eigenvalue weighted by molar-refractivity contribution is 7.12. The average Bonchev–Trinajstić information content (AvgIpc) is 3.36. The lowest BCUT2D eigenvalue weighted by Crippen LogP contribution is -2.49. The number of pyridine rings is 1. The third kappa shape index (κ3) is 4.63. The van der Waals surface area contributed by atoms with Crippen LogP contribution in [0.4, 0.5) is 5.69 Å². The summed E-state index contributed by atoms with van der Waals surface area (Å²) in [5, 5.41) is 14.0. The van der Waals surface area contributed by atoms with E-state index in [0.29, 0.717) is 34.8 Å². The molecule has 1 aromatic carbocycles. The van der Waals surface area contributed by atoms with Gasteiger partial charge in [-0.3, -0.25) is 9.59 Å². The van der Waals surface area contributed by atoms with E-state index in [1.54, 1.807) is 47.5 Å². The van der Waals surface area contributed by atoms with Crippen molar-refractivity contribution in [3.63, 3.8) is 0 Å². The molecule has 1 N–H and O–H groups in total. The Morgan fingerprint density at radius 2 is 2.12 bits per heavy atom. The molecule has 0 bridgehead atoms. The predicted octanol–water partition coefficient (Wildman–Crippen LogP) is 4.75. The van der Waals surface area contributed by atoms with E-state index in [2.05, 4.69) is 16.4 Å². The van der Waals surface area contributed by atoms with E-state index in [-0.39, 0.29) is 17.7 Å². The van der Waals surface area contributed by atoms with Gasteiger partial charge >= 0.3 is 0 Å². The number of nitriles is 1. The first-order chi connectivity index (χ1) is 15.6. The maximum absolute atomic E-state index is 13.1. The summed E-state index contributed by atoms with van der Waals surface area (Å²) in [4.78, 5) is 32.4. The number of thiophene rings is 1. The molecule has 0 aliphatic carbocycles. The second-order valence-electron chi connectivity index (χ2n) is 7.52. The second kappa shape index (κ2) is 9.62. The van der Waals surface area contributed by atoms with Crippen LogP contribution in [-0.2, 0) is 4.79 Å². The minimum Gasteiger partial charge on any atom is -0.438 e. The van der Waals surface area contributed by atoms with E-state index in [0.717, 1.165) is 18.4 Å². The number of hydrogen-bond acceptors (Lipinski definition) is 6. The number of rotatable bonds is 5. The van der Waals surface area contributed by atoms with Gasteiger partial charge in [-0.05, 0) is 73.5 Å². The Balaban J connectivity index is 1.47. The number of piperidine rings is 1. The quantitative estimate of drug-likeness (QED) is 0.610. The number of aromatic nitrogens is 1. The number of benzene rings is 1. The van der Waals surface area contributed by atoms with Gasteiger partial charge in [-0.25, -0.2) is 4.98 Å². The number of likely N-dealkylation sites (tertiary alicyclic amines) is 1. The van der Waals surface area contributed by atoms with Crippen LogP contribution in [0, 0.1) is 18.3 Å².